The fraction of sp³-hybridized carbons (Fsp3) is 0.0571. The Morgan fingerprint density at radius 1 is 0.342 bits per heavy atom. The molecule has 38 heavy (non-hydrogen) atoms. The highest BCUT2D eigenvalue weighted by atomic mass is 14.9. The Bertz CT molecular complexity index is 1690. The molecule has 0 radical (unpaired) electrons. The highest BCUT2D eigenvalue weighted by Gasteiger charge is 2.11. The van der Waals surface area contributed by atoms with Crippen LogP contribution in [-0.4, -0.2) is 15.0 Å². The number of pyridine rings is 1. The summed E-state index contributed by atoms with van der Waals surface area (Å²) in [5.41, 5.74) is 11.6. The van der Waals surface area contributed by atoms with Gasteiger partial charge in [-0.1, -0.05) is 103 Å². The van der Waals surface area contributed by atoms with E-state index in [1.165, 1.54) is 11.1 Å². The van der Waals surface area contributed by atoms with E-state index in [1.807, 2.05) is 32.0 Å². The van der Waals surface area contributed by atoms with Gasteiger partial charge in [-0.2, -0.15) is 0 Å². The number of rotatable bonds is 5. The Hall–Kier alpha value is -4.89. The van der Waals surface area contributed by atoms with Crippen LogP contribution in [0.5, 0.6) is 0 Å². The van der Waals surface area contributed by atoms with Gasteiger partial charge >= 0.3 is 0 Å². The van der Waals surface area contributed by atoms with Gasteiger partial charge in [0.1, 0.15) is 0 Å². The van der Waals surface area contributed by atoms with Crippen LogP contribution in [0.3, 0.4) is 0 Å². The fourth-order valence-corrected chi connectivity index (χ4v) is 4.76. The van der Waals surface area contributed by atoms with Crippen LogP contribution in [0.25, 0.3) is 56.2 Å². The van der Waals surface area contributed by atoms with Crippen molar-refractivity contribution in [2.24, 2.45) is 0 Å². The van der Waals surface area contributed by atoms with Crippen molar-refractivity contribution in [1.29, 1.82) is 0 Å². The Morgan fingerprint density at radius 2 is 0.816 bits per heavy atom. The summed E-state index contributed by atoms with van der Waals surface area (Å²) in [6.07, 6.45) is 0. The number of nitrogens with zero attached hydrogens (tertiary/aromatic N) is 3. The highest BCUT2D eigenvalue weighted by molar-refractivity contribution is 5.79. The zero-order valence-corrected chi connectivity index (χ0v) is 21.5. The van der Waals surface area contributed by atoms with E-state index in [1.54, 1.807) is 0 Å². The Morgan fingerprint density at radius 3 is 1.45 bits per heavy atom. The molecule has 2 heterocycles. The maximum absolute atomic E-state index is 5.13. The number of benzene rings is 4. The van der Waals surface area contributed by atoms with Gasteiger partial charge in [0.25, 0.3) is 0 Å². The summed E-state index contributed by atoms with van der Waals surface area (Å²) >= 11 is 0. The number of aromatic nitrogens is 3. The first-order valence-electron chi connectivity index (χ1n) is 12.8. The molecule has 0 aliphatic rings. The third-order valence-corrected chi connectivity index (χ3v) is 6.62. The lowest BCUT2D eigenvalue weighted by atomic mass is 9.98. The van der Waals surface area contributed by atoms with E-state index in [-0.39, 0.29) is 0 Å². The van der Waals surface area contributed by atoms with E-state index in [9.17, 15) is 0 Å². The Labute approximate surface area is 223 Å². The van der Waals surface area contributed by atoms with E-state index in [4.69, 9.17) is 4.98 Å². The minimum absolute atomic E-state index is 0.736. The Kier molecular flexibility index (Phi) is 6.33. The third-order valence-electron chi connectivity index (χ3n) is 6.62. The van der Waals surface area contributed by atoms with E-state index in [0.717, 1.165) is 56.4 Å². The minimum atomic E-state index is 0.736. The lowest BCUT2D eigenvalue weighted by Gasteiger charge is -2.12. The van der Waals surface area contributed by atoms with Crippen molar-refractivity contribution in [1.82, 2.24) is 15.0 Å². The molecule has 0 atom stereocenters. The summed E-state index contributed by atoms with van der Waals surface area (Å²) in [7, 11) is 0. The topological polar surface area (TPSA) is 38.7 Å². The molecule has 6 aromatic rings. The lowest BCUT2D eigenvalue weighted by molar-refractivity contribution is 1.06. The van der Waals surface area contributed by atoms with Crippen molar-refractivity contribution in [3.05, 3.63) is 139 Å². The van der Waals surface area contributed by atoms with Crippen LogP contribution in [-0.2, 0) is 0 Å². The average molecular weight is 490 g/mol. The molecule has 0 aliphatic carbocycles. The summed E-state index contributed by atoms with van der Waals surface area (Å²) in [5.74, 6) is 0.736. The summed E-state index contributed by atoms with van der Waals surface area (Å²) in [6.45, 7) is 4.00. The van der Waals surface area contributed by atoms with Crippen LogP contribution < -0.4 is 0 Å². The number of aryl methyl sites for hydroxylation is 2. The van der Waals surface area contributed by atoms with Crippen LogP contribution in [0.15, 0.2) is 127 Å². The molecule has 0 amide bonds. The maximum Gasteiger partial charge on any atom is 0.159 e. The van der Waals surface area contributed by atoms with Crippen molar-refractivity contribution in [2.45, 2.75) is 13.8 Å². The Balaban J connectivity index is 1.45. The van der Waals surface area contributed by atoms with Crippen LogP contribution in [0, 0.1) is 13.8 Å². The summed E-state index contributed by atoms with van der Waals surface area (Å²) in [5, 5.41) is 0. The van der Waals surface area contributed by atoms with Gasteiger partial charge in [0.15, 0.2) is 5.82 Å². The zero-order valence-electron chi connectivity index (χ0n) is 21.5. The smallest absolute Gasteiger partial charge is 0.159 e. The molecule has 0 unspecified atom stereocenters. The first-order valence-corrected chi connectivity index (χ1v) is 12.8. The van der Waals surface area contributed by atoms with E-state index in [2.05, 4.69) is 119 Å². The second-order valence-corrected chi connectivity index (χ2v) is 9.49. The predicted octanol–water partition coefficient (Wildman–Crippen LogP) is 8.82. The SMILES string of the molecule is Cc1cc(C)nc(-c2cccc(-c3cc(-c4ccccc4)cc(-c4ccc(-c5ccccc5)cc4)n3)c2)n1. The monoisotopic (exact) mass is 489 g/mol. The molecule has 0 bridgehead atoms. The first kappa shape index (κ1) is 23.5. The van der Waals surface area contributed by atoms with Crippen molar-refractivity contribution in [2.75, 3.05) is 0 Å². The molecule has 2 aromatic heterocycles. The second kappa shape index (κ2) is 10.2. The van der Waals surface area contributed by atoms with Gasteiger partial charge in [0.05, 0.1) is 11.4 Å². The summed E-state index contributed by atoms with van der Waals surface area (Å²) in [6, 6.07) is 44.2. The van der Waals surface area contributed by atoms with Gasteiger partial charge < -0.3 is 0 Å². The average Bonchev–Trinajstić information content (AvgIpc) is 2.97. The maximum atomic E-state index is 5.13. The predicted molar refractivity (Wildman–Crippen MR) is 156 cm³/mol. The number of hydrogen-bond acceptors (Lipinski definition) is 3. The molecular formula is C35H27N3. The molecule has 0 saturated heterocycles. The van der Waals surface area contributed by atoms with E-state index >= 15 is 0 Å². The van der Waals surface area contributed by atoms with Crippen molar-refractivity contribution < 1.29 is 0 Å². The van der Waals surface area contributed by atoms with Crippen LogP contribution in [0.1, 0.15) is 11.4 Å². The van der Waals surface area contributed by atoms with Crippen molar-refractivity contribution in [3.8, 4) is 56.2 Å². The molecule has 4 aromatic carbocycles. The minimum Gasteiger partial charge on any atom is -0.248 e. The molecule has 3 nitrogen and oxygen atoms in total. The molecule has 0 fully saturated rings. The summed E-state index contributed by atoms with van der Waals surface area (Å²) < 4.78 is 0. The molecular weight excluding hydrogens is 462 g/mol. The van der Waals surface area contributed by atoms with Gasteiger partial charge in [-0.25, -0.2) is 15.0 Å². The molecule has 182 valence electrons. The molecule has 3 heteroatoms. The van der Waals surface area contributed by atoms with Gasteiger partial charge in [-0.15, -0.1) is 0 Å². The van der Waals surface area contributed by atoms with Crippen LogP contribution >= 0.6 is 0 Å². The zero-order chi connectivity index (χ0) is 25.9. The van der Waals surface area contributed by atoms with Crippen LogP contribution in [0.2, 0.25) is 0 Å². The summed E-state index contributed by atoms with van der Waals surface area (Å²) in [4.78, 5) is 14.5. The van der Waals surface area contributed by atoms with E-state index in [0.29, 0.717) is 0 Å². The van der Waals surface area contributed by atoms with Gasteiger partial charge in [0, 0.05) is 28.1 Å². The standard InChI is InChI=1S/C35H27N3/c1-24-20-25(2)37-35(36-24)31-15-9-14-30(21-31)34-23-32(27-12-7-4-8-13-27)22-33(38-34)29-18-16-28(17-19-29)26-10-5-3-6-11-26/h3-23H,1-2H3. The van der Waals surface area contributed by atoms with Crippen LogP contribution in [0.4, 0.5) is 0 Å². The largest absolute Gasteiger partial charge is 0.248 e. The van der Waals surface area contributed by atoms with Gasteiger partial charge in [0.2, 0.25) is 0 Å². The second-order valence-electron chi connectivity index (χ2n) is 9.49. The molecule has 0 aliphatic heterocycles. The fourth-order valence-electron chi connectivity index (χ4n) is 4.76. The lowest BCUT2D eigenvalue weighted by Crippen LogP contribution is -1.95. The van der Waals surface area contributed by atoms with Crippen molar-refractivity contribution in [3.63, 3.8) is 0 Å². The highest BCUT2D eigenvalue weighted by Crippen LogP contribution is 2.32. The quantitative estimate of drug-likeness (QED) is 0.243. The molecule has 0 spiro atoms. The normalized spacial score (nSPS) is 10.9. The van der Waals surface area contributed by atoms with Gasteiger partial charge in [-0.3, -0.25) is 0 Å². The third kappa shape index (κ3) is 5.00. The molecule has 0 saturated carbocycles. The first-order chi connectivity index (χ1) is 18.6. The van der Waals surface area contributed by atoms with Gasteiger partial charge in [-0.05, 0) is 60.4 Å². The van der Waals surface area contributed by atoms with E-state index < -0.39 is 0 Å². The number of hydrogen-bond donors (Lipinski definition) is 0. The van der Waals surface area contributed by atoms with Crippen molar-refractivity contribution >= 4 is 0 Å². The molecule has 6 rings (SSSR count). The molecule has 0 N–H and O–H groups in total.